The van der Waals surface area contributed by atoms with Crippen LogP contribution in [0.5, 0.6) is 5.75 Å². The van der Waals surface area contributed by atoms with Gasteiger partial charge in [0.25, 0.3) is 0 Å². The summed E-state index contributed by atoms with van der Waals surface area (Å²) >= 11 is 0. The Hall–Kier alpha value is -2.29. The molecule has 2 atom stereocenters. The van der Waals surface area contributed by atoms with Crippen LogP contribution in [0.1, 0.15) is 31.4 Å². The number of rotatable bonds is 7. The molecule has 2 aromatic carbocycles. The minimum atomic E-state index is -0.419. The summed E-state index contributed by atoms with van der Waals surface area (Å²) in [6.45, 7) is 8.21. The molecular weight excluding hydrogens is 310 g/mol. The molecule has 132 valence electrons. The van der Waals surface area contributed by atoms with Crippen molar-refractivity contribution in [1.29, 1.82) is 0 Å². The molecule has 0 unspecified atom stereocenters. The van der Waals surface area contributed by atoms with Crippen LogP contribution in [0.2, 0.25) is 0 Å². The van der Waals surface area contributed by atoms with E-state index in [1.165, 1.54) is 5.56 Å². The number of likely N-dealkylation sites (N-methyl/N-ethyl adjacent to an activating group) is 1. The molecule has 1 fully saturated rings. The van der Waals surface area contributed by atoms with Crippen molar-refractivity contribution in [2.24, 2.45) is 5.92 Å². The summed E-state index contributed by atoms with van der Waals surface area (Å²) in [5.41, 5.74) is 1.91. The van der Waals surface area contributed by atoms with Crippen molar-refractivity contribution >= 4 is 5.91 Å². The number of amides is 1. The fourth-order valence-electron chi connectivity index (χ4n) is 3.63. The zero-order chi connectivity index (χ0) is 17.9. The van der Waals surface area contributed by atoms with Crippen molar-refractivity contribution < 1.29 is 9.53 Å². The molecule has 2 aromatic rings. The molecule has 0 heterocycles. The van der Waals surface area contributed by atoms with Gasteiger partial charge in [-0.3, -0.25) is 4.79 Å². The number of carbonyl (C=O) groups is 1. The lowest BCUT2D eigenvalue weighted by Gasteiger charge is -2.26. The van der Waals surface area contributed by atoms with Crippen LogP contribution in [-0.2, 0) is 10.2 Å². The van der Waals surface area contributed by atoms with Crippen molar-refractivity contribution in [1.82, 2.24) is 4.90 Å². The fraction of sp³-hybridized carbons (Fsp3) is 0.409. The van der Waals surface area contributed by atoms with E-state index < -0.39 is 5.41 Å². The first-order chi connectivity index (χ1) is 12.1. The van der Waals surface area contributed by atoms with Crippen molar-refractivity contribution in [2.75, 3.05) is 19.7 Å². The summed E-state index contributed by atoms with van der Waals surface area (Å²) in [4.78, 5) is 15.2. The second kappa shape index (κ2) is 7.30. The van der Waals surface area contributed by atoms with Gasteiger partial charge in [-0.2, -0.15) is 0 Å². The maximum Gasteiger partial charge on any atom is 0.233 e. The Morgan fingerprint density at radius 3 is 2.32 bits per heavy atom. The van der Waals surface area contributed by atoms with E-state index in [0.717, 1.165) is 30.8 Å². The number of hydrogen-bond acceptors (Lipinski definition) is 2. The monoisotopic (exact) mass is 337 g/mol. The van der Waals surface area contributed by atoms with Crippen molar-refractivity contribution in [3.8, 4) is 5.75 Å². The lowest BCUT2D eigenvalue weighted by Crippen LogP contribution is -2.40. The molecule has 1 aliphatic rings. The van der Waals surface area contributed by atoms with Gasteiger partial charge in [-0.1, -0.05) is 48.0 Å². The van der Waals surface area contributed by atoms with E-state index in [9.17, 15) is 4.79 Å². The third-order valence-electron chi connectivity index (χ3n) is 5.30. The molecule has 0 N–H and O–H groups in total. The molecule has 1 aliphatic carbocycles. The number of benzene rings is 2. The Labute approximate surface area is 150 Å². The first kappa shape index (κ1) is 17.5. The van der Waals surface area contributed by atoms with E-state index in [4.69, 9.17) is 4.74 Å². The standard InChI is InChI=1S/C22H27NO2/c1-4-23(5-2)21(24)22(18-9-7-6-8-10-18)15-19(22)16-25-20-13-11-17(3)12-14-20/h6-14,19H,4-5,15-16H2,1-3H3/t19-,22+/m0/s1. The first-order valence-corrected chi connectivity index (χ1v) is 9.16. The van der Waals surface area contributed by atoms with Crippen LogP contribution in [0.25, 0.3) is 0 Å². The summed E-state index contributed by atoms with van der Waals surface area (Å²) in [5, 5.41) is 0. The lowest BCUT2D eigenvalue weighted by atomic mass is 9.91. The predicted molar refractivity (Wildman–Crippen MR) is 101 cm³/mol. The van der Waals surface area contributed by atoms with Crippen molar-refractivity contribution in [2.45, 2.75) is 32.6 Å². The minimum absolute atomic E-state index is 0.226. The summed E-state index contributed by atoms with van der Waals surface area (Å²) in [6.07, 6.45) is 0.859. The van der Waals surface area contributed by atoms with Gasteiger partial charge in [0, 0.05) is 19.0 Å². The summed E-state index contributed by atoms with van der Waals surface area (Å²) < 4.78 is 5.99. The number of carbonyl (C=O) groups excluding carboxylic acids is 1. The summed E-state index contributed by atoms with van der Waals surface area (Å²) in [5.74, 6) is 1.33. The number of nitrogens with zero attached hydrogens (tertiary/aromatic N) is 1. The molecule has 3 nitrogen and oxygen atoms in total. The van der Waals surface area contributed by atoms with Crippen LogP contribution >= 0.6 is 0 Å². The van der Waals surface area contributed by atoms with Crippen molar-refractivity contribution in [3.05, 3.63) is 65.7 Å². The average Bonchev–Trinajstić information content (AvgIpc) is 3.38. The SMILES string of the molecule is CCN(CC)C(=O)[C@@]1(c2ccccc2)C[C@H]1COc1ccc(C)cc1. The van der Waals surface area contributed by atoms with Crippen LogP contribution in [-0.4, -0.2) is 30.5 Å². The molecule has 0 saturated heterocycles. The zero-order valence-electron chi connectivity index (χ0n) is 15.4. The Morgan fingerprint density at radius 2 is 1.72 bits per heavy atom. The van der Waals surface area contributed by atoms with Crippen LogP contribution in [0, 0.1) is 12.8 Å². The van der Waals surface area contributed by atoms with E-state index >= 15 is 0 Å². The van der Waals surface area contributed by atoms with E-state index in [1.54, 1.807) is 0 Å². The Bertz CT molecular complexity index is 707. The van der Waals surface area contributed by atoms with Crippen LogP contribution in [0.3, 0.4) is 0 Å². The Balaban J connectivity index is 1.78. The molecule has 1 saturated carbocycles. The van der Waals surface area contributed by atoms with Crippen LogP contribution in [0.4, 0.5) is 0 Å². The predicted octanol–water partition coefficient (Wildman–Crippen LogP) is 4.20. The quantitative estimate of drug-likeness (QED) is 0.758. The van der Waals surface area contributed by atoms with E-state index in [1.807, 2.05) is 61.2 Å². The number of hydrogen-bond donors (Lipinski definition) is 0. The van der Waals surface area contributed by atoms with Crippen LogP contribution in [0.15, 0.2) is 54.6 Å². The van der Waals surface area contributed by atoms with Crippen molar-refractivity contribution in [3.63, 3.8) is 0 Å². The highest BCUT2D eigenvalue weighted by Gasteiger charge is 2.62. The average molecular weight is 337 g/mol. The molecular formula is C22H27NO2. The lowest BCUT2D eigenvalue weighted by molar-refractivity contribution is -0.134. The smallest absolute Gasteiger partial charge is 0.233 e. The minimum Gasteiger partial charge on any atom is -0.493 e. The maximum atomic E-state index is 13.2. The van der Waals surface area contributed by atoms with Gasteiger partial charge in [0.05, 0.1) is 12.0 Å². The molecule has 0 aromatic heterocycles. The topological polar surface area (TPSA) is 29.5 Å². The molecule has 0 bridgehead atoms. The number of ether oxygens (including phenoxy) is 1. The highest BCUT2D eigenvalue weighted by molar-refractivity contribution is 5.92. The second-order valence-corrected chi connectivity index (χ2v) is 6.84. The molecule has 0 spiro atoms. The summed E-state index contributed by atoms with van der Waals surface area (Å²) in [7, 11) is 0. The highest BCUT2D eigenvalue weighted by atomic mass is 16.5. The zero-order valence-corrected chi connectivity index (χ0v) is 15.4. The van der Waals surface area contributed by atoms with E-state index in [0.29, 0.717) is 6.61 Å². The van der Waals surface area contributed by atoms with Crippen LogP contribution < -0.4 is 4.74 Å². The largest absolute Gasteiger partial charge is 0.493 e. The molecule has 0 aliphatic heterocycles. The Kier molecular flexibility index (Phi) is 5.12. The second-order valence-electron chi connectivity index (χ2n) is 6.84. The van der Waals surface area contributed by atoms with E-state index in [-0.39, 0.29) is 11.8 Å². The van der Waals surface area contributed by atoms with Gasteiger partial charge in [-0.25, -0.2) is 0 Å². The normalized spacial score (nSPS) is 21.6. The Morgan fingerprint density at radius 1 is 1.08 bits per heavy atom. The number of aryl methyl sites for hydroxylation is 1. The molecule has 3 heteroatoms. The van der Waals surface area contributed by atoms with E-state index in [2.05, 4.69) is 19.1 Å². The van der Waals surface area contributed by atoms with Gasteiger partial charge in [0.2, 0.25) is 5.91 Å². The summed E-state index contributed by atoms with van der Waals surface area (Å²) in [6, 6.07) is 18.3. The first-order valence-electron chi connectivity index (χ1n) is 9.16. The maximum absolute atomic E-state index is 13.2. The molecule has 0 radical (unpaired) electrons. The van der Waals surface area contributed by atoms with Gasteiger partial charge in [-0.05, 0) is 44.9 Å². The van der Waals surface area contributed by atoms with Gasteiger partial charge in [0.1, 0.15) is 5.75 Å². The third-order valence-corrected chi connectivity index (χ3v) is 5.30. The highest BCUT2D eigenvalue weighted by Crippen LogP contribution is 2.55. The fourth-order valence-corrected chi connectivity index (χ4v) is 3.63. The molecule has 3 rings (SSSR count). The molecule has 25 heavy (non-hydrogen) atoms. The van der Waals surface area contributed by atoms with Gasteiger partial charge in [-0.15, -0.1) is 0 Å². The van der Waals surface area contributed by atoms with Gasteiger partial charge >= 0.3 is 0 Å². The third kappa shape index (κ3) is 3.41. The molecule has 1 amide bonds. The van der Waals surface area contributed by atoms with Gasteiger partial charge in [0.15, 0.2) is 0 Å². The van der Waals surface area contributed by atoms with Gasteiger partial charge < -0.3 is 9.64 Å².